The van der Waals surface area contributed by atoms with Gasteiger partial charge in [0, 0.05) is 44.1 Å². The number of hydrogen-bond acceptors (Lipinski definition) is 4. The second-order valence-corrected chi connectivity index (χ2v) is 8.01. The molecule has 0 bridgehead atoms. The highest BCUT2D eigenvalue weighted by atomic mass is 19.1. The van der Waals surface area contributed by atoms with E-state index >= 15 is 0 Å². The third-order valence-electron chi connectivity index (χ3n) is 5.63. The molecule has 160 valence electrons. The fraction of sp³-hybridized carbons (Fsp3) is 0.455. The van der Waals surface area contributed by atoms with E-state index in [2.05, 4.69) is 10.2 Å². The first-order chi connectivity index (χ1) is 14.2. The van der Waals surface area contributed by atoms with Crippen LogP contribution >= 0.6 is 0 Å². The number of carbonyl (C=O) groups is 2. The van der Waals surface area contributed by atoms with Crippen molar-refractivity contribution in [1.82, 2.24) is 20.0 Å². The fourth-order valence-electron chi connectivity index (χ4n) is 3.55. The molecule has 1 saturated heterocycles. The summed E-state index contributed by atoms with van der Waals surface area (Å²) in [6.45, 7) is 8.89. The quantitative estimate of drug-likeness (QED) is 0.830. The second kappa shape index (κ2) is 8.77. The van der Waals surface area contributed by atoms with Gasteiger partial charge in [-0.15, -0.1) is 0 Å². The van der Waals surface area contributed by atoms with Crippen LogP contribution in [-0.2, 0) is 11.2 Å². The van der Waals surface area contributed by atoms with E-state index in [9.17, 15) is 18.8 Å². The van der Waals surface area contributed by atoms with Gasteiger partial charge < -0.3 is 9.80 Å². The number of rotatable bonds is 4. The van der Waals surface area contributed by atoms with Crippen LogP contribution < -0.4 is 5.56 Å². The van der Waals surface area contributed by atoms with Crippen LogP contribution in [0, 0.1) is 25.6 Å². The number of piperazine rings is 1. The Hall–Kier alpha value is -3.03. The molecule has 7 nitrogen and oxygen atoms in total. The van der Waals surface area contributed by atoms with E-state index < -0.39 is 5.82 Å². The van der Waals surface area contributed by atoms with E-state index in [1.54, 1.807) is 28.9 Å². The molecule has 1 N–H and O–H groups in total. The van der Waals surface area contributed by atoms with Crippen molar-refractivity contribution in [1.29, 1.82) is 0 Å². The van der Waals surface area contributed by atoms with E-state index in [-0.39, 0.29) is 28.9 Å². The lowest BCUT2D eigenvalue weighted by Gasteiger charge is -2.35. The first kappa shape index (κ1) is 21.7. The van der Waals surface area contributed by atoms with E-state index in [4.69, 9.17) is 0 Å². The fourth-order valence-corrected chi connectivity index (χ4v) is 3.55. The molecule has 8 heteroatoms. The topological polar surface area (TPSA) is 86.4 Å². The summed E-state index contributed by atoms with van der Waals surface area (Å²) in [4.78, 5) is 40.0. The maximum atomic E-state index is 14.4. The molecule has 3 rings (SSSR count). The lowest BCUT2D eigenvalue weighted by molar-refractivity contribution is -0.135. The number of nitrogens with zero attached hydrogens (tertiary/aromatic N) is 3. The number of halogens is 1. The van der Waals surface area contributed by atoms with E-state index in [0.717, 1.165) is 11.1 Å². The van der Waals surface area contributed by atoms with Gasteiger partial charge in [-0.1, -0.05) is 19.9 Å². The predicted octanol–water partition coefficient (Wildman–Crippen LogP) is 2.06. The Kier molecular flexibility index (Phi) is 6.34. The summed E-state index contributed by atoms with van der Waals surface area (Å²) in [5, 5.41) is 6.56. The molecule has 0 atom stereocenters. The molecule has 1 aliphatic heterocycles. The Labute approximate surface area is 174 Å². The molecule has 0 spiro atoms. The number of H-pyrrole nitrogens is 1. The third kappa shape index (κ3) is 4.42. The molecule has 30 heavy (non-hydrogen) atoms. The predicted molar refractivity (Wildman–Crippen MR) is 111 cm³/mol. The minimum atomic E-state index is -0.577. The van der Waals surface area contributed by atoms with Crippen molar-refractivity contribution in [3.63, 3.8) is 0 Å². The van der Waals surface area contributed by atoms with Crippen LogP contribution in [0.15, 0.2) is 23.0 Å². The zero-order valence-corrected chi connectivity index (χ0v) is 17.8. The highest BCUT2D eigenvalue weighted by Gasteiger charge is 2.27. The van der Waals surface area contributed by atoms with Crippen molar-refractivity contribution < 1.29 is 14.0 Å². The maximum Gasteiger partial charge on any atom is 0.267 e. The Morgan fingerprint density at radius 1 is 1.10 bits per heavy atom. The van der Waals surface area contributed by atoms with E-state index in [1.807, 2.05) is 20.8 Å². The second-order valence-electron chi connectivity index (χ2n) is 8.01. The standard InChI is InChI=1S/C22H27FN4O3/c1-13(2)21(29)26-7-9-27(10-8-26)22(30)17-11-16(5-6-18(17)23)12-19-14(3)15(4)20(28)25-24-19/h5-6,11,13H,7-10,12H2,1-4H3,(H,25,28). The molecule has 1 aromatic carbocycles. The molecular weight excluding hydrogens is 387 g/mol. The molecule has 0 aliphatic carbocycles. The van der Waals surface area contributed by atoms with Crippen LogP contribution in [0.5, 0.6) is 0 Å². The van der Waals surface area contributed by atoms with Crippen molar-refractivity contribution >= 4 is 11.8 Å². The molecule has 1 fully saturated rings. The zero-order valence-electron chi connectivity index (χ0n) is 17.8. The molecule has 2 heterocycles. The van der Waals surface area contributed by atoms with Crippen LogP contribution in [0.1, 0.15) is 46.6 Å². The number of hydrogen-bond donors (Lipinski definition) is 1. The largest absolute Gasteiger partial charge is 0.339 e. The number of benzene rings is 1. The minimum Gasteiger partial charge on any atom is -0.339 e. The van der Waals surface area contributed by atoms with Crippen LogP contribution in [0.2, 0.25) is 0 Å². The van der Waals surface area contributed by atoms with Gasteiger partial charge >= 0.3 is 0 Å². The van der Waals surface area contributed by atoms with Crippen molar-refractivity contribution in [2.45, 2.75) is 34.1 Å². The molecule has 0 radical (unpaired) electrons. The molecule has 0 unspecified atom stereocenters. The Morgan fingerprint density at radius 2 is 1.73 bits per heavy atom. The summed E-state index contributed by atoms with van der Waals surface area (Å²) < 4.78 is 14.4. The minimum absolute atomic E-state index is 0.00920. The van der Waals surface area contributed by atoms with Gasteiger partial charge in [-0.05, 0) is 37.1 Å². The Morgan fingerprint density at radius 3 is 2.37 bits per heavy atom. The van der Waals surface area contributed by atoms with Crippen LogP contribution in [0.4, 0.5) is 4.39 Å². The van der Waals surface area contributed by atoms with E-state index in [0.29, 0.717) is 43.9 Å². The number of carbonyl (C=O) groups excluding carboxylic acids is 2. The SMILES string of the molecule is Cc1c(Cc2ccc(F)c(C(=O)N3CCN(C(=O)C(C)C)CC3)c2)n[nH]c(=O)c1C. The number of nitrogens with one attached hydrogen (secondary N) is 1. The summed E-state index contributed by atoms with van der Waals surface area (Å²) >= 11 is 0. The van der Waals surface area contributed by atoms with Gasteiger partial charge in [0.25, 0.3) is 11.5 Å². The summed E-state index contributed by atoms with van der Waals surface area (Å²) in [6.07, 6.45) is 0.376. The summed E-state index contributed by atoms with van der Waals surface area (Å²) in [5.74, 6) is -0.982. The lowest BCUT2D eigenvalue weighted by atomic mass is 10.0. The van der Waals surface area contributed by atoms with E-state index in [1.165, 1.54) is 6.07 Å². The lowest BCUT2D eigenvalue weighted by Crippen LogP contribution is -2.51. The molecule has 1 aliphatic rings. The number of aromatic nitrogens is 2. The summed E-state index contributed by atoms with van der Waals surface area (Å²) in [6, 6.07) is 4.45. The molecule has 2 aromatic rings. The Balaban J connectivity index is 1.76. The van der Waals surface area contributed by atoms with Gasteiger partial charge in [0.05, 0.1) is 11.3 Å². The van der Waals surface area contributed by atoms with Crippen LogP contribution in [0.3, 0.4) is 0 Å². The normalized spacial score (nSPS) is 14.3. The highest BCUT2D eigenvalue weighted by molar-refractivity contribution is 5.95. The van der Waals surface area contributed by atoms with Gasteiger partial charge in [0.15, 0.2) is 0 Å². The average molecular weight is 414 g/mol. The van der Waals surface area contributed by atoms with Gasteiger partial charge in [-0.2, -0.15) is 5.10 Å². The zero-order chi connectivity index (χ0) is 22.0. The van der Waals surface area contributed by atoms with Crippen LogP contribution in [-0.4, -0.2) is 58.0 Å². The van der Waals surface area contributed by atoms with Gasteiger partial charge in [0.1, 0.15) is 5.82 Å². The monoisotopic (exact) mass is 414 g/mol. The van der Waals surface area contributed by atoms with Crippen molar-refractivity contribution in [2.24, 2.45) is 5.92 Å². The highest BCUT2D eigenvalue weighted by Crippen LogP contribution is 2.18. The summed E-state index contributed by atoms with van der Waals surface area (Å²) in [5.41, 5.74) is 2.55. The third-order valence-corrected chi connectivity index (χ3v) is 5.63. The maximum absolute atomic E-state index is 14.4. The summed E-state index contributed by atoms with van der Waals surface area (Å²) in [7, 11) is 0. The number of aromatic amines is 1. The first-order valence-corrected chi connectivity index (χ1v) is 10.1. The van der Waals surface area contributed by atoms with Crippen molar-refractivity contribution in [3.8, 4) is 0 Å². The molecule has 2 amide bonds. The molecule has 1 aromatic heterocycles. The van der Waals surface area contributed by atoms with Gasteiger partial charge in [0.2, 0.25) is 5.91 Å². The Bertz CT molecular complexity index is 1020. The smallest absolute Gasteiger partial charge is 0.267 e. The van der Waals surface area contributed by atoms with Crippen LogP contribution in [0.25, 0.3) is 0 Å². The molecular formula is C22H27FN4O3. The number of amides is 2. The molecule has 0 saturated carbocycles. The van der Waals surface area contributed by atoms with Gasteiger partial charge in [-0.25, -0.2) is 9.49 Å². The van der Waals surface area contributed by atoms with Crippen molar-refractivity contribution in [3.05, 3.63) is 62.3 Å². The van der Waals surface area contributed by atoms with Crippen molar-refractivity contribution in [2.75, 3.05) is 26.2 Å². The first-order valence-electron chi connectivity index (χ1n) is 10.1. The average Bonchev–Trinajstić information content (AvgIpc) is 2.74. The van der Waals surface area contributed by atoms with Gasteiger partial charge in [-0.3, -0.25) is 14.4 Å².